The minimum absolute atomic E-state index is 0.0715. The molecule has 2 aromatic carbocycles. The third-order valence-corrected chi connectivity index (χ3v) is 3.28. The molecular weight excluding hydrogens is 292 g/mol. The van der Waals surface area contributed by atoms with Gasteiger partial charge in [0, 0.05) is 29.9 Å². The van der Waals surface area contributed by atoms with E-state index in [1.165, 1.54) is 0 Å². The maximum absolute atomic E-state index is 11.9. The van der Waals surface area contributed by atoms with Gasteiger partial charge >= 0.3 is 0 Å². The molecule has 122 valence electrons. The molecular formula is C18H22N2O3. The van der Waals surface area contributed by atoms with Crippen LogP contribution in [-0.4, -0.2) is 30.8 Å². The molecule has 0 unspecified atom stereocenters. The Hall–Kier alpha value is -2.53. The lowest BCUT2D eigenvalue weighted by Crippen LogP contribution is -2.26. The Labute approximate surface area is 136 Å². The number of carbonyl (C=O) groups excluding carboxylic acids is 1. The number of hydrogen-bond donors (Lipinski definition) is 3. The molecule has 0 aromatic heterocycles. The van der Waals surface area contributed by atoms with Gasteiger partial charge < -0.3 is 20.5 Å². The molecule has 2 aromatic rings. The van der Waals surface area contributed by atoms with Crippen LogP contribution >= 0.6 is 0 Å². The van der Waals surface area contributed by atoms with E-state index < -0.39 is 0 Å². The average molecular weight is 314 g/mol. The highest BCUT2D eigenvalue weighted by molar-refractivity contribution is 5.95. The lowest BCUT2D eigenvalue weighted by molar-refractivity contribution is 0.0945. The molecule has 2 rings (SSSR count). The van der Waals surface area contributed by atoms with E-state index >= 15 is 0 Å². The zero-order chi connectivity index (χ0) is 16.5. The van der Waals surface area contributed by atoms with Gasteiger partial charge in [-0.05, 0) is 31.2 Å². The Morgan fingerprint density at radius 2 is 2.00 bits per heavy atom. The largest absolute Gasteiger partial charge is 0.494 e. The number of hydrogen-bond acceptors (Lipinski definition) is 4. The number of nitrogens with one attached hydrogen (secondary N) is 2. The quantitative estimate of drug-likeness (QED) is 0.700. The highest BCUT2D eigenvalue weighted by Crippen LogP contribution is 2.20. The van der Waals surface area contributed by atoms with Gasteiger partial charge in [-0.1, -0.05) is 24.3 Å². The van der Waals surface area contributed by atoms with E-state index in [1.807, 2.05) is 43.3 Å². The van der Waals surface area contributed by atoms with E-state index in [2.05, 4.69) is 10.6 Å². The summed E-state index contributed by atoms with van der Waals surface area (Å²) in [5, 5.41) is 14.7. The fourth-order valence-corrected chi connectivity index (χ4v) is 2.19. The van der Waals surface area contributed by atoms with Crippen molar-refractivity contribution < 1.29 is 14.6 Å². The van der Waals surface area contributed by atoms with Crippen molar-refractivity contribution in [2.75, 3.05) is 25.1 Å². The van der Waals surface area contributed by atoms with Crippen LogP contribution in [0.5, 0.6) is 5.75 Å². The Morgan fingerprint density at radius 1 is 1.17 bits per heavy atom. The summed E-state index contributed by atoms with van der Waals surface area (Å²) in [5.41, 5.74) is 2.47. The predicted molar refractivity (Wildman–Crippen MR) is 90.8 cm³/mol. The van der Waals surface area contributed by atoms with Crippen LogP contribution < -0.4 is 15.4 Å². The van der Waals surface area contributed by atoms with Gasteiger partial charge in [0.25, 0.3) is 5.91 Å². The molecule has 1 amide bonds. The minimum atomic E-state index is -0.197. The second-order valence-electron chi connectivity index (χ2n) is 4.95. The van der Waals surface area contributed by atoms with Crippen LogP contribution in [0.2, 0.25) is 0 Å². The van der Waals surface area contributed by atoms with E-state index in [1.54, 1.807) is 12.1 Å². The number of amides is 1. The Balaban J connectivity index is 2.02. The second-order valence-corrected chi connectivity index (χ2v) is 4.95. The number of para-hydroxylation sites is 1. The van der Waals surface area contributed by atoms with Gasteiger partial charge in [0.2, 0.25) is 0 Å². The first-order chi connectivity index (χ1) is 11.2. The highest BCUT2D eigenvalue weighted by atomic mass is 16.5. The first kappa shape index (κ1) is 16.8. The Bertz CT molecular complexity index is 644. The number of benzene rings is 2. The molecule has 0 fully saturated rings. The normalized spacial score (nSPS) is 10.2. The summed E-state index contributed by atoms with van der Waals surface area (Å²) in [4.78, 5) is 11.9. The molecule has 0 aliphatic heterocycles. The fourth-order valence-electron chi connectivity index (χ4n) is 2.19. The van der Waals surface area contributed by atoms with Gasteiger partial charge in [-0.3, -0.25) is 4.79 Å². The first-order valence-electron chi connectivity index (χ1n) is 7.68. The van der Waals surface area contributed by atoms with Gasteiger partial charge in [0.05, 0.1) is 13.2 Å². The molecule has 0 radical (unpaired) electrons. The van der Waals surface area contributed by atoms with Crippen molar-refractivity contribution in [2.24, 2.45) is 0 Å². The van der Waals surface area contributed by atoms with Crippen LogP contribution in [0.4, 0.5) is 5.69 Å². The van der Waals surface area contributed by atoms with Crippen LogP contribution in [0.1, 0.15) is 22.8 Å². The summed E-state index contributed by atoms with van der Waals surface area (Å²) >= 11 is 0. The molecule has 0 spiro atoms. The summed E-state index contributed by atoms with van der Waals surface area (Å²) < 4.78 is 5.60. The van der Waals surface area contributed by atoms with Crippen molar-refractivity contribution in [3.05, 3.63) is 59.7 Å². The minimum Gasteiger partial charge on any atom is -0.494 e. The monoisotopic (exact) mass is 314 g/mol. The molecule has 3 N–H and O–H groups in total. The maximum atomic E-state index is 11.9. The first-order valence-corrected chi connectivity index (χ1v) is 7.68. The van der Waals surface area contributed by atoms with Crippen LogP contribution in [0, 0.1) is 0 Å². The molecule has 0 saturated carbocycles. The molecule has 0 atom stereocenters. The predicted octanol–water partition coefficient (Wildman–Crippen LogP) is 2.42. The molecule has 0 aliphatic carbocycles. The number of aliphatic hydroxyl groups excluding tert-OH is 1. The summed E-state index contributed by atoms with van der Waals surface area (Å²) in [6, 6.07) is 15.1. The summed E-state index contributed by atoms with van der Waals surface area (Å²) in [7, 11) is 0. The molecule has 23 heavy (non-hydrogen) atoms. The van der Waals surface area contributed by atoms with E-state index in [0.717, 1.165) is 17.0 Å². The van der Waals surface area contributed by atoms with Crippen molar-refractivity contribution in [1.29, 1.82) is 0 Å². The number of anilines is 1. The Kier molecular flexibility index (Phi) is 6.44. The number of ether oxygens (including phenoxy) is 1. The molecule has 5 nitrogen and oxygen atoms in total. The molecule has 0 heterocycles. The second kappa shape index (κ2) is 8.80. The van der Waals surface area contributed by atoms with Crippen molar-refractivity contribution in [3.8, 4) is 5.75 Å². The van der Waals surface area contributed by atoms with Crippen molar-refractivity contribution in [2.45, 2.75) is 13.5 Å². The number of rotatable bonds is 8. The van der Waals surface area contributed by atoms with Gasteiger partial charge in [0.15, 0.2) is 0 Å². The van der Waals surface area contributed by atoms with Gasteiger partial charge in [-0.25, -0.2) is 0 Å². The molecule has 0 aliphatic rings. The number of aliphatic hydroxyl groups is 1. The molecule has 5 heteroatoms. The smallest absolute Gasteiger partial charge is 0.251 e. The van der Waals surface area contributed by atoms with Crippen LogP contribution in [0.3, 0.4) is 0 Å². The summed E-state index contributed by atoms with van der Waals surface area (Å²) in [5.74, 6) is 0.664. The van der Waals surface area contributed by atoms with Crippen LogP contribution in [0.25, 0.3) is 0 Å². The summed E-state index contributed by atoms with van der Waals surface area (Å²) in [6.07, 6.45) is 0. The zero-order valence-electron chi connectivity index (χ0n) is 13.2. The van der Waals surface area contributed by atoms with Gasteiger partial charge in [-0.15, -0.1) is 0 Å². The van der Waals surface area contributed by atoms with Crippen molar-refractivity contribution in [3.63, 3.8) is 0 Å². The van der Waals surface area contributed by atoms with E-state index in [0.29, 0.717) is 18.7 Å². The van der Waals surface area contributed by atoms with Crippen LogP contribution in [-0.2, 0) is 6.54 Å². The molecule has 0 bridgehead atoms. The maximum Gasteiger partial charge on any atom is 0.251 e. The topological polar surface area (TPSA) is 70.6 Å². The van der Waals surface area contributed by atoms with Gasteiger partial charge in [0.1, 0.15) is 5.75 Å². The number of carbonyl (C=O) groups is 1. The van der Waals surface area contributed by atoms with Gasteiger partial charge in [-0.2, -0.15) is 0 Å². The van der Waals surface area contributed by atoms with Crippen molar-refractivity contribution >= 4 is 11.6 Å². The van der Waals surface area contributed by atoms with E-state index in [-0.39, 0.29) is 19.1 Å². The zero-order valence-corrected chi connectivity index (χ0v) is 13.2. The average Bonchev–Trinajstić information content (AvgIpc) is 2.59. The SMILES string of the molecule is CCOc1ccccc1CNc1cccc(C(=O)NCCO)c1. The lowest BCUT2D eigenvalue weighted by Gasteiger charge is -2.12. The molecule has 0 saturated heterocycles. The fraction of sp³-hybridized carbons (Fsp3) is 0.278. The van der Waals surface area contributed by atoms with E-state index in [9.17, 15) is 4.79 Å². The third kappa shape index (κ3) is 5.00. The standard InChI is InChI=1S/C18H22N2O3/c1-2-23-17-9-4-3-6-15(17)13-20-16-8-5-7-14(12-16)18(22)19-10-11-21/h3-9,12,20-21H,2,10-11,13H2,1H3,(H,19,22). The highest BCUT2D eigenvalue weighted by Gasteiger charge is 2.06. The Morgan fingerprint density at radius 3 is 2.78 bits per heavy atom. The summed E-state index contributed by atoms with van der Waals surface area (Å²) in [6.45, 7) is 3.37. The lowest BCUT2D eigenvalue weighted by atomic mass is 10.1. The van der Waals surface area contributed by atoms with E-state index in [4.69, 9.17) is 9.84 Å². The third-order valence-electron chi connectivity index (χ3n) is 3.28. The van der Waals surface area contributed by atoms with Crippen LogP contribution in [0.15, 0.2) is 48.5 Å². The van der Waals surface area contributed by atoms with Crippen molar-refractivity contribution in [1.82, 2.24) is 5.32 Å².